The summed E-state index contributed by atoms with van der Waals surface area (Å²) >= 11 is 0. The van der Waals surface area contributed by atoms with Crippen molar-refractivity contribution in [1.29, 1.82) is 0 Å². The first-order valence-electron chi connectivity index (χ1n) is 7.95. The molecule has 1 aliphatic rings. The van der Waals surface area contributed by atoms with E-state index in [0.29, 0.717) is 11.6 Å². The van der Waals surface area contributed by atoms with Crippen molar-refractivity contribution in [3.63, 3.8) is 0 Å². The molecule has 0 saturated carbocycles. The molecule has 0 aliphatic carbocycles. The number of anilines is 3. The van der Waals surface area contributed by atoms with Crippen molar-refractivity contribution in [2.24, 2.45) is 5.92 Å². The van der Waals surface area contributed by atoms with Crippen LogP contribution in [0.25, 0.3) is 0 Å². The van der Waals surface area contributed by atoms with E-state index in [4.69, 9.17) is 0 Å². The third-order valence-corrected chi connectivity index (χ3v) is 4.23. The molecule has 1 saturated heterocycles. The molecule has 0 spiro atoms. The second kappa shape index (κ2) is 6.67. The van der Waals surface area contributed by atoms with Gasteiger partial charge in [0.05, 0.1) is 5.69 Å². The molecule has 4 nitrogen and oxygen atoms in total. The molecule has 1 N–H and O–H groups in total. The van der Waals surface area contributed by atoms with Gasteiger partial charge in [0, 0.05) is 24.8 Å². The van der Waals surface area contributed by atoms with Crippen molar-refractivity contribution in [2.45, 2.75) is 26.7 Å². The van der Waals surface area contributed by atoms with Crippen molar-refractivity contribution in [3.05, 3.63) is 41.3 Å². The minimum absolute atomic E-state index is 0.161. The van der Waals surface area contributed by atoms with Gasteiger partial charge in [-0.2, -0.15) is 4.98 Å². The van der Waals surface area contributed by atoms with Crippen LogP contribution in [0.2, 0.25) is 0 Å². The fourth-order valence-corrected chi connectivity index (χ4v) is 2.75. The Hall–Kier alpha value is -2.31. The lowest BCUT2D eigenvalue weighted by Crippen LogP contribution is -2.33. The van der Waals surface area contributed by atoms with E-state index >= 15 is 0 Å². The molecule has 2 heterocycles. The van der Waals surface area contributed by atoms with Crippen molar-refractivity contribution in [1.82, 2.24) is 9.97 Å². The number of hydrogen-bond donors (Lipinski definition) is 1. The lowest BCUT2D eigenvalue weighted by atomic mass is 9.99. The summed E-state index contributed by atoms with van der Waals surface area (Å²) in [4.78, 5) is 10.7. The smallest absolute Gasteiger partial charge is 0.229 e. The summed E-state index contributed by atoms with van der Waals surface area (Å²) in [6, 6.07) is 3.86. The van der Waals surface area contributed by atoms with Gasteiger partial charge in [0.25, 0.3) is 0 Å². The lowest BCUT2D eigenvalue weighted by molar-refractivity contribution is 0.436. The Labute approximate surface area is 138 Å². The Kier molecular flexibility index (Phi) is 4.59. The second-order valence-electron chi connectivity index (χ2n) is 6.21. The highest BCUT2D eigenvalue weighted by Crippen LogP contribution is 2.25. The Bertz CT molecular complexity index is 743. The van der Waals surface area contributed by atoms with E-state index in [0.717, 1.165) is 43.9 Å². The molecule has 3 rings (SSSR count). The number of halogens is 3. The minimum atomic E-state index is -1.52. The van der Waals surface area contributed by atoms with Crippen LogP contribution in [0.15, 0.2) is 18.2 Å². The average Bonchev–Trinajstić information content (AvgIpc) is 2.55. The zero-order valence-electron chi connectivity index (χ0n) is 13.6. The summed E-state index contributed by atoms with van der Waals surface area (Å²) in [5.74, 6) is -2.43. The van der Waals surface area contributed by atoms with E-state index in [1.165, 1.54) is 0 Å². The normalized spacial score (nSPS) is 15.6. The molecule has 0 unspecified atom stereocenters. The highest BCUT2D eigenvalue weighted by Gasteiger charge is 2.19. The van der Waals surface area contributed by atoms with Crippen LogP contribution in [0, 0.1) is 30.3 Å². The fraction of sp³-hybridized carbons (Fsp3) is 0.412. The Balaban J connectivity index is 1.85. The average molecular weight is 336 g/mol. The van der Waals surface area contributed by atoms with Crippen molar-refractivity contribution >= 4 is 17.5 Å². The van der Waals surface area contributed by atoms with Gasteiger partial charge in [-0.3, -0.25) is 0 Å². The molecule has 1 aliphatic heterocycles. The standard InChI is InChI=1S/C17H19F3N4/c1-10-5-7-24(8-6-10)14-9-11(2)21-17(23-14)22-13-4-3-12(18)15(19)16(13)20/h3-4,9-10H,5-8H2,1-2H3,(H,21,22,23). The fourth-order valence-electron chi connectivity index (χ4n) is 2.75. The maximum atomic E-state index is 13.8. The van der Waals surface area contributed by atoms with Gasteiger partial charge in [0.1, 0.15) is 5.82 Å². The van der Waals surface area contributed by atoms with E-state index < -0.39 is 17.5 Å². The van der Waals surface area contributed by atoms with E-state index in [-0.39, 0.29) is 11.6 Å². The van der Waals surface area contributed by atoms with Crippen LogP contribution >= 0.6 is 0 Å². The number of nitrogens with zero attached hydrogens (tertiary/aromatic N) is 3. The topological polar surface area (TPSA) is 41.1 Å². The Morgan fingerprint density at radius 2 is 1.79 bits per heavy atom. The number of hydrogen-bond acceptors (Lipinski definition) is 4. The molecule has 1 aromatic carbocycles. The Morgan fingerprint density at radius 3 is 2.50 bits per heavy atom. The summed E-state index contributed by atoms with van der Waals surface area (Å²) < 4.78 is 40.2. The largest absolute Gasteiger partial charge is 0.356 e. The molecule has 1 fully saturated rings. The minimum Gasteiger partial charge on any atom is -0.356 e. The molecule has 1 aromatic heterocycles. The van der Waals surface area contributed by atoms with Gasteiger partial charge in [-0.05, 0) is 37.8 Å². The van der Waals surface area contributed by atoms with Gasteiger partial charge in [0.15, 0.2) is 17.5 Å². The van der Waals surface area contributed by atoms with Gasteiger partial charge in [-0.1, -0.05) is 6.92 Å². The molecule has 0 amide bonds. The highest BCUT2D eigenvalue weighted by atomic mass is 19.2. The Morgan fingerprint density at radius 1 is 1.08 bits per heavy atom. The summed E-state index contributed by atoms with van der Waals surface area (Å²) in [7, 11) is 0. The van der Waals surface area contributed by atoms with Crippen LogP contribution in [-0.2, 0) is 0 Å². The lowest BCUT2D eigenvalue weighted by Gasteiger charge is -2.31. The zero-order valence-corrected chi connectivity index (χ0v) is 13.6. The maximum Gasteiger partial charge on any atom is 0.229 e. The number of aromatic nitrogens is 2. The molecule has 2 aromatic rings. The van der Waals surface area contributed by atoms with Crippen LogP contribution in [0.5, 0.6) is 0 Å². The summed E-state index contributed by atoms with van der Waals surface area (Å²) in [5, 5.41) is 2.64. The van der Waals surface area contributed by atoms with E-state index in [2.05, 4.69) is 27.1 Å². The monoisotopic (exact) mass is 336 g/mol. The third-order valence-electron chi connectivity index (χ3n) is 4.23. The second-order valence-corrected chi connectivity index (χ2v) is 6.21. The quantitative estimate of drug-likeness (QED) is 0.854. The van der Waals surface area contributed by atoms with E-state index in [9.17, 15) is 13.2 Å². The van der Waals surface area contributed by atoms with Gasteiger partial charge >= 0.3 is 0 Å². The number of piperidine rings is 1. The van der Waals surface area contributed by atoms with Crippen LogP contribution < -0.4 is 10.2 Å². The van der Waals surface area contributed by atoms with Crippen molar-refractivity contribution < 1.29 is 13.2 Å². The predicted octanol–water partition coefficient (Wildman–Crippen LogP) is 4.18. The van der Waals surface area contributed by atoms with Gasteiger partial charge < -0.3 is 10.2 Å². The van der Waals surface area contributed by atoms with Crippen LogP contribution in [0.1, 0.15) is 25.5 Å². The zero-order chi connectivity index (χ0) is 17.3. The van der Waals surface area contributed by atoms with E-state index in [1.54, 1.807) is 0 Å². The summed E-state index contributed by atoms with van der Waals surface area (Å²) in [5.41, 5.74) is 0.516. The van der Waals surface area contributed by atoms with Crippen molar-refractivity contribution in [2.75, 3.05) is 23.3 Å². The molecule has 128 valence electrons. The highest BCUT2D eigenvalue weighted by molar-refractivity contribution is 5.56. The first kappa shape index (κ1) is 16.5. The first-order valence-corrected chi connectivity index (χ1v) is 7.95. The van der Waals surface area contributed by atoms with Crippen LogP contribution in [0.4, 0.5) is 30.6 Å². The number of benzene rings is 1. The van der Waals surface area contributed by atoms with Gasteiger partial charge in [0.2, 0.25) is 5.95 Å². The maximum absolute atomic E-state index is 13.8. The predicted molar refractivity (Wildman–Crippen MR) is 87.0 cm³/mol. The number of rotatable bonds is 3. The van der Waals surface area contributed by atoms with Crippen molar-refractivity contribution in [3.8, 4) is 0 Å². The van der Waals surface area contributed by atoms with Gasteiger partial charge in [-0.15, -0.1) is 0 Å². The molecule has 0 radical (unpaired) electrons. The number of aryl methyl sites for hydroxylation is 1. The molecule has 24 heavy (non-hydrogen) atoms. The third kappa shape index (κ3) is 3.44. The number of nitrogens with one attached hydrogen (secondary N) is 1. The molecular weight excluding hydrogens is 317 g/mol. The SMILES string of the molecule is Cc1cc(N2CCC(C)CC2)nc(Nc2ccc(F)c(F)c2F)n1. The summed E-state index contributed by atoms with van der Waals surface area (Å²) in [6.07, 6.45) is 2.17. The summed E-state index contributed by atoms with van der Waals surface area (Å²) in [6.45, 7) is 5.83. The molecule has 7 heteroatoms. The van der Waals surface area contributed by atoms with E-state index in [1.807, 2.05) is 13.0 Å². The van der Waals surface area contributed by atoms with Crippen LogP contribution in [-0.4, -0.2) is 23.1 Å². The molecule has 0 bridgehead atoms. The molecule has 0 atom stereocenters. The van der Waals surface area contributed by atoms with Gasteiger partial charge in [-0.25, -0.2) is 18.2 Å². The molecular formula is C17H19F3N4. The first-order chi connectivity index (χ1) is 11.4. The van der Waals surface area contributed by atoms with Crippen LogP contribution in [0.3, 0.4) is 0 Å².